The number of nitrogens with zero attached hydrogens (tertiary/aromatic N) is 3. The molecule has 2 N–H and O–H groups in total. The fourth-order valence-corrected chi connectivity index (χ4v) is 3.81. The smallest absolute Gasteiger partial charge is 0.353 e. The van der Waals surface area contributed by atoms with Gasteiger partial charge in [-0.2, -0.15) is 0 Å². The van der Waals surface area contributed by atoms with Crippen LogP contribution in [0.4, 0.5) is 17.3 Å². The van der Waals surface area contributed by atoms with Gasteiger partial charge in [-0.1, -0.05) is 0 Å². The number of aromatic nitrogens is 2. The maximum Gasteiger partial charge on any atom is 0.353 e. The molecule has 0 bridgehead atoms. The van der Waals surface area contributed by atoms with Gasteiger partial charge < -0.3 is 10.6 Å². The molecule has 1 atom stereocenters. The summed E-state index contributed by atoms with van der Waals surface area (Å²) in [7, 11) is -1.57. The first-order valence-corrected chi connectivity index (χ1v) is 7.89. The summed E-state index contributed by atoms with van der Waals surface area (Å²) in [6.07, 6.45) is 2.37. The fourth-order valence-electron chi connectivity index (χ4n) is 2.17. The van der Waals surface area contributed by atoms with E-state index in [1.807, 2.05) is 0 Å². The van der Waals surface area contributed by atoms with E-state index in [4.69, 9.17) is 0 Å². The highest BCUT2D eigenvalue weighted by atomic mass is 32.2. The molecule has 0 radical (unpaired) electrons. The van der Waals surface area contributed by atoms with Gasteiger partial charge in [-0.15, -0.1) is 0 Å². The zero-order valence-corrected chi connectivity index (χ0v) is 11.7. The summed E-state index contributed by atoms with van der Waals surface area (Å²) >= 11 is 0. The highest BCUT2D eigenvalue weighted by Gasteiger charge is 2.29. The monoisotopic (exact) mass is 301 g/mol. The van der Waals surface area contributed by atoms with Crippen molar-refractivity contribution in [2.45, 2.75) is 18.9 Å². The summed E-state index contributed by atoms with van der Waals surface area (Å²) < 4.78 is 23.1. The lowest BCUT2D eigenvalue weighted by Crippen LogP contribution is -2.35. The predicted octanol–water partition coefficient (Wildman–Crippen LogP) is 0.416. The van der Waals surface area contributed by atoms with Gasteiger partial charge in [0.1, 0.15) is 6.33 Å². The van der Waals surface area contributed by atoms with E-state index in [9.17, 15) is 18.5 Å². The normalized spacial score (nSPS) is 21.1. The van der Waals surface area contributed by atoms with Crippen LogP contribution in [0.15, 0.2) is 6.33 Å². The van der Waals surface area contributed by atoms with Crippen molar-refractivity contribution in [3.63, 3.8) is 0 Å². The molecule has 1 fully saturated rings. The van der Waals surface area contributed by atoms with Crippen LogP contribution in [0.1, 0.15) is 12.8 Å². The Labute approximate surface area is 115 Å². The summed E-state index contributed by atoms with van der Waals surface area (Å²) in [5.74, 6) is 0.254. The molecule has 1 saturated heterocycles. The summed E-state index contributed by atoms with van der Waals surface area (Å²) in [6.45, 7) is 0. The minimum Gasteiger partial charge on any atom is -0.367 e. The van der Waals surface area contributed by atoms with Crippen LogP contribution in [-0.4, -0.2) is 47.9 Å². The Morgan fingerprint density at radius 1 is 1.40 bits per heavy atom. The number of anilines is 2. The van der Waals surface area contributed by atoms with E-state index < -0.39 is 14.8 Å². The third kappa shape index (κ3) is 3.13. The number of rotatable bonds is 4. The molecule has 20 heavy (non-hydrogen) atoms. The first-order chi connectivity index (χ1) is 9.43. The molecule has 9 nitrogen and oxygen atoms in total. The van der Waals surface area contributed by atoms with Crippen molar-refractivity contribution in [2.24, 2.45) is 0 Å². The lowest BCUT2D eigenvalue weighted by molar-refractivity contribution is -0.383. The molecule has 1 aromatic heterocycles. The molecule has 0 saturated carbocycles. The van der Waals surface area contributed by atoms with Gasteiger partial charge in [0.15, 0.2) is 9.84 Å². The zero-order chi connectivity index (χ0) is 14.8. The van der Waals surface area contributed by atoms with Crippen LogP contribution in [0.3, 0.4) is 0 Å². The van der Waals surface area contributed by atoms with Gasteiger partial charge in [0, 0.05) is 13.1 Å². The molecule has 1 aliphatic heterocycles. The maximum absolute atomic E-state index is 11.6. The topological polar surface area (TPSA) is 127 Å². The SMILES string of the molecule is CNc1ncnc(NC2CCCS(=O)(=O)C2)c1[N+](=O)[O-]. The van der Waals surface area contributed by atoms with Gasteiger partial charge in [0.25, 0.3) is 0 Å². The average molecular weight is 301 g/mol. The van der Waals surface area contributed by atoms with Gasteiger partial charge in [0.05, 0.1) is 16.4 Å². The molecular weight excluding hydrogens is 286 g/mol. The second-order valence-electron chi connectivity index (χ2n) is 4.52. The largest absolute Gasteiger partial charge is 0.367 e. The average Bonchev–Trinajstić information content (AvgIpc) is 2.36. The van der Waals surface area contributed by atoms with E-state index in [1.165, 1.54) is 13.4 Å². The molecule has 2 heterocycles. The Hall–Kier alpha value is -1.97. The van der Waals surface area contributed by atoms with E-state index in [0.717, 1.165) is 0 Å². The number of nitro groups is 1. The molecule has 2 rings (SSSR count). The number of nitrogens with one attached hydrogen (secondary N) is 2. The third-order valence-corrected chi connectivity index (χ3v) is 4.87. The standard InChI is InChI=1S/C10H15N5O4S/c1-11-9-8(15(16)17)10(13-6-12-9)14-7-3-2-4-20(18,19)5-7/h6-7H,2-5H2,1H3,(H2,11,12,13,14). The molecular formula is C10H15N5O4S. The van der Waals surface area contributed by atoms with E-state index in [-0.39, 0.29) is 34.9 Å². The second-order valence-corrected chi connectivity index (χ2v) is 6.75. The van der Waals surface area contributed by atoms with E-state index in [0.29, 0.717) is 12.8 Å². The summed E-state index contributed by atoms with van der Waals surface area (Å²) in [5, 5.41) is 16.6. The summed E-state index contributed by atoms with van der Waals surface area (Å²) in [4.78, 5) is 18.1. The van der Waals surface area contributed by atoms with Crippen molar-refractivity contribution in [2.75, 3.05) is 29.2 Å². The molecule has 0 aliphatic carbocycles. The molecule has 1 aliphatic rings. The molecule has 0 spiro atoms. The quantitative estimate of drug-likeness (QED) is 0.605. The van der Waals surface area contributed by atoms with Gasteiger partial charge in [0.2, 0.25) is 11.6 Å². The minimum atomic E-state index is -3.09. The molecule has 0 aromatic carbocycles. The highest BCUT2D eigenvalue weighted by Crippen LogP contribution is 2.29. The Bertz CT molecular complexity index is 618. The fraction of sp³-hybridized carbons (Fsp3) is 0.600. The third-order valence-electron chi connectivity index (χ3n) is 3.05. The lowest BCUT2D eigenvalue weighted by Gasteiger charge is -2.23. The van der Waals surface area contributed by atoms with Gasteiger partial charge in [-0.05, 0) is 12.8 Å². The number of hydrogen-bond acceptors (Lipinski definition) is 8. The van der Waals surface area contributed by atoms with Crippen molar-refractivity contribution in [3.8, 4) is 0 Å². The second kappa shape index (κ2) is 5.57. The highest BCUT2D eigenvalue weighted by molar-refractivity contribution is 7.91. The van der Waals surface area contributed by atoms with Crippen LogP contribution in [0.2, 0.25) is 0 Å². The van der Waals surface area contributed by atoms with Crippen LogP contribution < -0.4 is 10.6 Å². The van der Waals surface area contributed by atoms with Crippen LogP contribution in [-0.2, 0) is 9.84 Å². The molecule has 1 unspecified atom stereocenters. The van der Waals surface area contributed by atoms with E-state index in [2.05, 4.69) is 20.6 Å². The van der Waals surface area contributed by atoms with E-state index >= 15 is 0 Å². The Morgan fingerprint density at radius 2 is 2.10 bits per heavy atom. The maximum atomic E-state index is 11.6. The summed E-state index contributed by atoms with van der Waals surface area (Å²) in [6, 6.07) is -0.368. The Balaban J connectivity index is 2.27. The van der Waals surface area contributed by atoms with Crippen molar-refractivity contribution in [1.29, 1.82) is 0 Å². The van der Waals surface area contributed by atoms with Crippen molar-refractivity contribution < 1.29 is 13.3 Å². The Kier molecular flexibility index (Phi) is 4.02. The zero-order valence-electron chi connectivity index (χ0n) is 10.9. The molecule has 10 heteroatoms. The molecule has 0 amide bonds. The predicted molar refractivity (Wildman–Crippen MR) is 73.5 cm³/mol. The number of hydrogen-bond donors (Lipinski definition) is 2. The van der Waals surface area contributed by atoms with Gasteiger partial charge in [-0.25, -0.2) is 18.4 Å². The molecule has 110 valence electrons. The van der Waals surface area contributed by atoms with Gasteiger partial charge in [-0.3, -0.25) is 10.1 Å². The van der Waals surface area contributed by atoms with Crippen LogP contribution in [0, 0.1) is 10.1 Å². The van der Waals surface area contributed by atoms with Crippen LogP contribution in [0.25, 0.3) is 0 Å². The van der Waals surface area contributed by atoms with Crippen molar-refractivity contribution >= 4 is 27.2 Å². The molecule has 1 aromatic rings. The van der Waals surface area contributed by atoms with E-state index in [1.54, 1.807) is 0 Å². The lowest BCUT2D eigenvalue weighted by atomic mass is 10.2. The summed E-state index contributed by atoms with van der Waals surface area (Å²) in [5.41, 5.74) is -0.280. The Morgan fingerprint density at radius 3 is 2.70 bits per heavy atom. The van der Waals surface area contributed by atoms with Gasteiger partial charge >= 0.3 is 5.69 Å². The van der Waals surface area contributed by atoms with Crippen molar-refractivity contribution in [3.05, 3.63) is 16.4 Å². The first-order valence-electron chi connectivity index (χ1n) is 6.07. The van der Waals surface area contributed by atoms with Crippen LogP contribution in [0.5, 0.6) is 0 Å². The minimum absolute atomic E-state index is 0.0384. The van der Waals surface area contributed by atoms with Crippen LogP contribution >= 0.6 is 0 Å². The van der Waals surface area contributed by atoms with Crippen molar-refractivity contribution in [1.82, 2.24) is 9.97 Å². The first kappa shape index (κ1) is 14.4. The number of sulfone groups is 1.